The molecule has 2 heterocycles. The molecule has 2 aliphatic carbocycles. The van der Waals surface area contributed by atoms with Gasteiger partial charge in [-0.15, -0.1) is 0 Å². The van der Waals surface area contributed by atoms with Gasteiger partial charge in [0.1, 0.15) is 10.6 Å². The van der Waals surface area contributed by atoms with Gasteiger partial charge >= 0.3 is 6.03 Å². The lowest BCUT2D eigenvalue weighted by molar-refractivity contribution is 0.122. The molecule has 9 nitrogen and oxygen atoms in total. The van der Waals surface area contributed by atoms with E-state index in [2.05, 4.69) is 15.5 Å². The van der Waals surface area contributed by atoms with Crippen molar-refractivity contribution in [2.45, 2.75) is 41.4 Å². The Morgan fingerprint density at radius 1 is 0.973 bits per heavy atom. The average Bonchev–Trinajstić information content (AvgIpc) is 3.86. The van der Waals surface area contributed by atoms with Gasteiger partial charge in [-0.05, 0) is 62.1 Å². The van der Waals surface area contributed by atoms with E-state index < -0.39 is 14.6 Å². The van der Waals surface area contributed by atoms with Crippen LogP contribution in [-0.4, -0.2) is 56.8 Å². The number of carbonyl (C=O) groups is 1. The second-order valence-corrected chi connectivity index (χ2v) is 12.1. The quantitative estimate of drug-likeness (QED) is 0.489. The number of amides is 2. The van der Waals surface area contributed by atoms with E-state index in [9.17, 15) is 13.2 Å². The molecule has 6 rings (SSSR count). The first kappa shape index (κ1) is 23.9. The summed E-state index contributed by atoms with van der Waals surface area (Å²) in [6.45, 7) is 2.53. The summed E-state index contributed by atoms with van der Waals surface area (Å²) in [7, 11) is -3.64. The third-order valence-corrected chi connectivity index (χ3v) is 9.64. The maximum Gasteiger partial charge on any atom is 0.319 e. The Kier molecular flexibility index (Phi) is 6.08. The van der Waals surface area contributed by atoms with Crippen LogP contribution in [0.2, 0.25) is 0 Å². The molecule has 0 radical (unpaired) electrons. The number of nitrogens with one attached hydrogen (secondary N) is 2. The summed E-state index contributed by atoms with van der Waals surface area (Å²) in [4.78, 5) is 24.2. The monoisotopic (exact) mass is 519 g/mol. The van der Waals surface area contributed by atoms with Gasteiger partial charge in [-0.3, -0.25) is 0 Å². The molecule has 2 N–H and O–H groups in total. The number of anilines is 2. The second kappa shape index (κ2) is 9.42. The second-order valence-electron chi connectivity index (χ2n) is 9.80. The van der Waals surface area contributed by atoms with Gasteiger partial charge in [0, 0.05) is 36.4 Å². The summed E-state index contributed by atoms with van der Waals surface area (Å²) in [6, 6.07) is 17.8. The van der Waals surface area contributed by atoms with Gasteiger partial charge < -0.3 is 20.3 Å². The first-order chi connectivity index (χ1) is 17.9. The van der Waals surface area contributed by atoms with Crippen LogP contribution in [0, 0.1) is 0 Å². The largest absolute Gasteiger partial charge is 0.378 e. The number of sulfone groups is 1. The van der Waals surface area contributed by atoms with Gasteiger partial charge in [-0.25, -0.2) is 23.2 Å². The Morgan fingerprint density at radius 2 is 1.68 bits per heavy atom. The molecular weight excluding hydrogens is 490 g/mol. The maximum atomic E-state index is 13.7. The molecule has 0 atom stereocenters. The number of ether oxygens (including phenoxy) is 1. The maximum absolute atomic E-state index is 13.7. The van der Waals surface area contributed by atoms with Crippen molar-refractivity contribution < 1.29 is 17.9 Å². The van der Waals surface area contributed by atoms with Crippen LogP contribution < -0.4 is 15.5 Å². The molecule has 37 heavy (non-hydrogen) atoms. The zero-order valence-corrected chi connectivity index (χ0v) is 21.2. The fourth-order valence-corrected chi connectivity index (χ4v) is 6.62. The third-order valence-electron chi connectivity index (χ3n) is 7.10. The molecule has 10 heteroatoms. The lowest BCUT2D eigenvalue weighted by Crippen LogP contribution is -2.37. The zero-order valence-electron chi connectivity index (χ0n) is 20.4. The normalized spacial score (nSPS) is 18.8. The number of carbonyl (C=O) groups excluding carboxylic acids is 1. The van der Waals surface area contributed by atoms with Crippen molar-refractivity contribution in [3.63, 3.8) is 0 Å². The SMILES string of the molecule is O=C(Nc1ccc(-c2nc(N3CCOCC3)cc(C3(S(=O)(=O)c4ccccc4)CC3)n2)cc1)NC1CC1. The van der Waals surface area contributed by atoms with Crippen molar-refractivity contribution in [3.05, 3.63) is 66.4 Å². The zero-order chi connectivity index (χ0) is 25.5. The molecular formula is C27H29N5O4S. The first-order valence-electron chi connectivity index (χ1n) is 12.6. The molecule has 3 aliphatic rings. The van der Waals surface area contributed by atoms with Crippen molar-refractivity contribution in [1.29, 1.82) is 0 Å². The average molecular weight is 520 g/mol. The number of aromatic nitrogens is 2. The van der Waals surface area contributed by atoms with Crippen LogP contribution in [0.4, 0.5) is 16.3 Å². The van der Waals surface area contributed by atoms with E-state index >= 15 is 0 Å². The van der Waals surface area contributed by atoms with E-state index in [-0.39, 0.29) is 12.1 Å². The number of nitrogens with zero attached hydrogens (tertiary/aromatic N) is 3. The van der Waals surface area contributed by atoms with Crippen LogP contribution in [-0.2, 0) is 19.3 Å². The van der Waals surface area contributed by atoms with Crippen LogP contribution in [0.15, 0.2) is 65.6 Å². The molecule has 3 fully saturated rings. The number of hydrogen-bond donors (Lipinski definition) is 2. The van der Waals surface area contributed by atoms with Gasteiger partial charge in [-0.2, -0.15) is 0 Å². The summed E-state index contributed by atoms with van der Waals surface area (Å²) in [5.41, 5.74) is 1.93. The molecule has 3 aromatic rings. The van der Waals surface area contributed by atoms with E-state index in [0.29, 0.717) is 67.1 Å². The van der Waals surface area contributed by atoms with Crippen LogP contribution in [0.3, 0.4) is 0 Å². The number of rotatable bonds is 7. The Hall–Kier alpha value is -3.50. The van der Waals surface area contributed by atoms with Crippen molar-refractivity contribution >= 4 is 27.4 Å². The van der Waals surface area contributed by atoms with Gasteiger partial charge in [-0.1, -0.05) is 18.2 Å². The highest BCUT2D eigenvalue weighted by molar-refractivity contribution is 7.92. The molecule has 2 aromatic carbocycles. The minimum absolute atomic E-state index is 0.218. The molecule has 2 amide bonds. The Bertz CT molecular complexity index is 1400. The fraction of sp³-hybridized carbons (Fsp3) is 0.370. The van der Waals surface area contributed by atoms with E-state index in [0.717, 1.165) is 18.4 Å². The molecule has 1 aromatic heterocycles. The van der Waals surface area contributed by atoms with E-state index in [1.165, 1.54) is 0 Å². The van der Waals surface area contributed by atoms with Crippen LogP contribution >= 0.6 is 0 Å². The van der Waals surface area contributed by atoms with E-state index in [4.69, 9.17) is 14.7 Å². The van der Waals surface area contributed by atoms with Crippen LogP contribution in [0.25, 0.3) is 11.4 Å². The summed E-state index contributed by atoms with van der Waals surface area (Å²) < 4.78 is 31.9. The minimum atomic E-state index is -3.64. The molecule has 0 bridgehead atoms. The van der Waals surface area contributed by atoms with Crippen molar-refractivity contribution in [1.82, 2.24) is 15.3 Å². The van der Waals surface area contributed by atoms with E-state index in [1.807, 2.05) is 24.3 Å². The third kappa shape index (κ3) is 4.78. The molecule has 0 spiro atoms. The van der Waals surface area contributed by atoms with Crippen LogP contribution in [0.1, 0.15) is 31.4 Å². The van der Waals surface area contributed by atoms with Gasteiger partial charge in [0.05, 0.1) is 23.8 Å². The lowest BCUT2D eigenvalue weighted by atomic mass is 10.1. The molecule has 192 valence electrons. The predicted molar refractivity (Wildman–Crippen MR) is 140 cm³/mol. The standard InChI is InChI=1S/C27H29N5O4S/c33-26(29-21-10-11-21)28-20-8-6-19(7-9-20)25-30-23(18-24(31-25)32-14-16-36-17-15-32)27(12-13-27)37(34,35)22-4-2-1-3-5-22/h1-9,18,21H,10-17H2,(H2,28,29,33). The predicted octanol–water partition coefficient (Wildman–Crippen LogP) is 3.73. The highest BCUT2D eigenvalue weighted by atomic mass is 32.2. The van der Waals surface area contributed by atoms with Crippen molar-refractivity contribution in [2.75, 3.05) is 36.5 Å². The lowest BCUT2D eigenvalue weighted by Gasteiger charge is -2.29. The summed E-state index contributed by atoms with van der Waals surface area (Å²) >= 11 is 0. The van der Waals surface area contributed by atoms with Crippen molar-refractivity contribution in [2.24, 2.45) is 0 Å². The summed E-state index contributed by atoms with van der Waals surface area (Å²) in [5.74, 6) is 1.16. The molecule has 1 aliphatic heterocycles. The Labute approximate surface area is 216 Å². The molecule has 1 saturated heterocycles. The number of hydrogen-bond acceptors (Lipinski definition) is 7. The van der Waals surface area contributed by atoms with Gasteiger partial charge in [0.2, 0.25) is 0 Å². The van der Waals surface area contributed by atoms with Crippen LogP contribution in [0.5, 0.6) is 0 Å². The first-order valence-corrected chi connectivity index (χ1v) is 14.1. The Balaban J connectivity index is 1.35. The summed E-state index contributed by atoms with van der Waals surface area (Å²) in [5, 5.41) is 5.75. The van der Waals surface area contributed by atoms with Gasteiger partial charge in [0.25, 0.3) is 0 Å². The molecule has 2 saturated carbocycles. The smallest absolute Gasteiger partial charge is 0.319 e. The fourth-order valence-electron chi connectivity index (χ4n) is 4.64. The Morgan fingerprint density at radius 3 is 2.32 bits per heavy atom. The minimum Gasteiger partial charge on any atom is -0.378 e. The highest BCUT2D eigenvalue weighted by Crippen LogP contribution is 2.55. The topological polar surface area (TPSA) is 114 Å². The highest BCUT2D eigenvalue weighted by Gasteiger charge is 2.58. The number of urea groups is 1. The van der Waals surface area contributed by atoms with Crippen molar-refractivity contribution in [3.8, 4) is 11.4 Å². The molecule has 0 unspecified atom stereocenters. The number of morpholine rings is 1. The van der Waals surface area contributed by atoms with Gasteiger partial charge in [0.15, 0.2) is 15.7 Å². The van der Waals surface area contributed by atoms with E-state index in [1.54, 1.807) is 36.4 Å². The number of benzene rings is 2. The summed E-state index contributed by atoms with van der Waals surface area (Å²) in [6.07, 6.45) is 3.07.